The minimum absolute atomic E-state index is 0.194. The fraction of sp³-hybridized carbons (Fsp3) is 0.500. The number of aliphatic hydroxyl groups is 1. The van der Waals surface area contributed by atoms with Crippen LogP contribution in [0.5, 0.6) is 5.75 Å². The Balaban J connectivity index is 2.55. The molecule has 1 aromatic carbocycles. The molecule has 0 heterocycles. The molecule has 0 fully saturated rings. The monoisotopic (exact) mass is 251 g/mol. The van der Waals surface area contributed by atoms with Crippen molar-refractivity contribution < 1.29 is 14.6 Å². The van der Waals surface area contributed by atoms with Crippen molar-refractivity contribution in [1.82, 2.24) is 5.32 Å². The maximum absolute atomic E-state index is 11.8. The molecular weight excluding hydrogens is 230 g/mol. The zero-order valence-corrected chi connectivity index (χ0v) is 11.4. The summed E-state index contributed by atoms with van der Waals surface area (Å²) in [6.45, 7) is 6.03. The number of carbonyl (C=O) groups is 1. The van der Waals surface area contributed by atoms with Gasteiger partial charge in [-0.3, -0.25) is 4.79 Å². The Morgan fingerprint density at radius 3 is 2.33 bits per heavy atom. The molecule has 100 valence electrons. The standard InChI is InChI=1S/C14H21NO3/c1-14(2,3)12(16)9-15-13(17)10-5-7-11(18-4)8-6-10/h5-8,12,16H,9H2,1-4H3,(H,15,17). The lowest BCUT2D eigenvalue weighted by Crippen LogP contribution is -2.39. The number of aliphatic hydroxyl groups excluding tert-OH is 1. The second kappa shape index (κ2) is 5.87. The van der Waals surface area contributed by atoms with E-state index in [1.165, 1.54) is 0 Å². The normalized spacial score (nSPS) is 12.9. The summed E-state index contributed by atoms with van der Waals surface area (Å²) in [5.74, 6) is 0.516. The molecule has 0 aromatic heterocycles. The first-order valence-corrected chi connectivity index (χ1v) is 5.95. The summed E-state index contributed by atoms with van der Waals surface area (Å²) in [5, 5.41) is 12.5. The number of nitrogens with one attached hydrogen (secondary N) is 1. The van der Waals surface area contributed by atoms with E-state index in [1.54, 1.807) is 31.4 Å². The van der Waals surface area contributed by atoms with Crippen molar-refractivity contribution in [2.75, 3.05) is 13.7 Å². The van der Waals surface area contributed by atoms with Crippen LogP contribution >= 0.6 is 0 Å². The Bertz CT molecular complexity index is 392. The van der Waals surface area contributed by atoms with Gasteiger partial charge in [-0.2, -0.15) is 0 Å². The summed E-state index contributed by atoms with van der Waals surface area (Å²) in [4.78, 5) is 11.8. The first-order chi connectivity index (χ1) is 8.34. The summed E-state index contributed by atoms with van der Waals surface area (Å²) in [6.07, 6.45) is -0.570. The van der Waals surface area contributed by atoms with E-state index in [0.29, 0.717) is 11.3 Å². The third-order valence-electron chi connectivity index (χ3n) is 2.81. The average Bonchev–Trinajstić information content (AvgIpc) is 2.34. The molecule has 0 saturated carbocycles. The van der Waals surface area contributed by atoms with Crippen molar-refractivity contribution in [1.29, 1.82) is 0 Å². The Kier molecular flexibility index (Phi) is 4.73. The second-order valence-electron chi connectivity index (χ2n) is 5.32. The highest BCUT2D eigenvalue weighted by molar-refractivity contribution is 5.94. The van der Waals surface area contributed by atoms with Gasteiger partial charge in [0.05, 0.1) is 13.2 Å². The van der Waals surface area contributed by atoms with E-state index in [4.69, 9.17) is 4.74 Å². The molecule has 1 atom stereocenters. The van der Waals surface area contributed by atoms with Crippen LogP contribution in [-0.4, -0.2) is 30.8 Å². The number of hydrogen-bond acceptors (Lipinski definition) is 3. The van der Waals surface area contributed by atoms with Crippen LogP contribution in [0.3, 0.4) is 0 Å². The highest BCUT2D eigenvalue weighted by atomic mass is 16.5. The van der Waals surface area contributed by atoms with Gasteiger partial charge in [0.1, 0.15) is 5.75 Å². The molecule has 1 aromatic rings. The zero-order chi connectivity index (χ0) is 13.8. The molecule has 0 aliphatic carbocycles. The molecule has 0 spiro atoms. The van der Waals surface area contributed by atoms with Gasteiger partial charge in [0.2, 0.25) is 0 Å². The van der Waals surface area contributed by atoms with Crippen molar-refractivity contribution in [2.24, 2.45) is 5.41 Å². The number of benzene rings is 1. The molecule has 0 bridgehead atoms. The molecule has 4 nitrogen and oxygen atoms in total. The van der Waals surface area contributed by atoms with E-state index >= 15 is 0 Å². The number of amides is 1. The van der Waals surface area contributed by atoms with Crippen LogP contribution in [0.25, 0.3) is 0 Å². The highest BCUT2D eigenvalue weighted by Gasteiger charge is 2.22. The van der Waals surface area contributed by atoms with Gasteiger partial charge in [0, 0.05) is 12.1 Å². The molecule has 1 rings (SSSR count). The quantitative estimate of drug-likeness (QED) is 0.858. The van der Waals surface area contributed by atoms with Crippen LogP contribution in [0.2, 0.25) is 0 Å². The highest BCUT2D eigenvalue weighted by Crippen LogP contribution is 2.18. The van der Waals surface area contributed by atoms with Crippen LogP contribution in [-0.2, 0) is 0 Å². The largest absolute Gasteiger partial charge is 0.497 e. The van der Waals surface area contributed by atoms with Gasteiger partial charge in [-0.15, -0.1) is 0 Å². The lowest BCUT2D eigenvalue weighted by Gasteiger charge is -2.25. The van der Waals surface area contributed by atoms with Gasteiger partial charge >= 0.3 is 0 Å². The van der Waals surface area contributed by atoms with Gasteiger partial charge in [0.15, 0.2) is 0 Å². The molecule has 1 unspecified atom stereocenters. The van der Waals surface area contributed by atoms with Crippen LogP contribution < -0.4 is 10.1 Å². The average molecular weight is 251 g/mol. The van der Waals surface area contributed by atoms with E-state index in [-0.39, 0.29) is 17.9 Å². The summed E-state index contributed by atoms with van der Waals surface area (Å²) in [5.41, 5.74) is 0.310. The Morgan fingerprint density at radius 2 is 1.89 bits per heavy atom. The molecule has 0 radical (unpaired) electrons. The molecule has 4 heteroatoms. The number of carbonyl (C=O) groups excluding carboxylic acids is 1. The van der Waals surface area contributed by atoms with Crippen LogP contribution in [0.15, 0.2) is 24.3 Å². The molecule has 18 heavy (non-hydrogen) atoms. The third kappa shape index (κ3) is 4.04. The summed E-state index contributed by atoms with van der Waals surface area (Å²) in [7, 11) is 1.58. The molecule has 2 N–H and O–H groups in total. The van der Waals surface area contributed by atoms with Gasteiger partial charge in [0.25, 0.3) is 5.91 Å². The van der Waals surface area contributed by atoms with Gasteiger partial charge in [-0.1, -0.05) is 20.8 Å². The molecule has 0 aliphatic rings. The van der Waals surface area contributed by atoms with E-state index in [1.807, 2.05) is 20.8 Å². The van der Waals surface area contributed by atoms with Gasteiger partial charge < -0.3 is 15.2 Å². The van der Waals surface area contributed by atoms with Crippen LogP contribution in [0.4, 0.5) is 0 Å². The number of rotatable bonds is 4. The predicted molar refractivity (Wildman–Crippen MR) is 70.8 cm³/mol. The van der Waals surface area contributed by atoms with E-state index in [0.717, 1.165) is 0 Å². The fourth-order valence-electron chi connectivity index (χ4n) is 1.34. The molecular formula is C14H21NO3. The SMILES string of the molecule is COc1ccc(C(=O)NCC(O)C(C)(C)C)cc1. The number of methoxy groups -OCH3 is 1. The topological polar surface area (TPSA) is 58.6 Å². The minimum atomic E-state index is -0.570. The number of hydrogen-bond donors (Lipinski definition) is 2. The summed E-state index contributed by atoms with van der Waals surface area (Å²) >= 11 is 0. The van der Waals surface area contributed by atoms with Crippen molar-refractivity contribution in [3.8, 4) is 5.75 Å². The summed E-state index contributed by atoms with van der Waals surface area (Å²) in [6, 6.07) is 6.85. The fourth-order valence-corrected chi connectivity index (χ4v) is 1.34. The Morgan fingerprint density at radius 1 is 1.33 bits per heavy atom. The van der Waals surface area contributed by atoms with Gasteiger partial charge in [-0.25, -0.2) is 0 Å². The lowest BCUT2D eigenvalue weighted by molar-refractivity contribution is 0.0587. The van der Waals surface area contributed by atoms with E-state index in [9.17, 15) is 9.90 Å². The Labute approximate surface area is 108 Å². The van der Waals surface area contributed by atoms with E-state index < -0.39 is 6.10 Å². The van der Waals surface area contributed by atoms with Gasteiger partial charge in [-0.05, 0) is 29.7 Å². The lowest BCUT2D eigenvalue weighted by atomic mass is 9.89. The van der Waals surface area contributed by atoms with Crippen LogP contribution in [0.1, 0.15) is 31.1 Å². The van der Waals surface area contributed by atoms with Crippen LogP contribution in [0, 0.1) is 5.41 Å². The first kappa shape index (κ1) is 14.5. The van der Waals surface area contributed by atoms with Crippen molar-refractivity contribution >= 4 is 5.91 Å². The molecule has 0 saturated heterocycles. The Hall–Kier alpha value is -1.55. The maximum atomic E-state index is 11.8. The number of ether oxygens (including phenoxy) is 1. The predicted octanol–water partition coefficient (Wildman–Crippen LogP) is 1.83. The third-order valence-corrected chi connectivity index (χ3v) is 2.81. The second-order valence-corrected chi connectivity index (χ2v) is 5.32. The maximum Gasteiger partial charge on any atom is 0.251 e. The summed E-state index contributed by atoms with van der Waals surface area (Å²) < 4.78 is 5.02. The minimum Gasteiger partial charge on any atom is -0.497 e. The van der Waals surface area contributed by atoms with Crippen molar-refractivity contribution in [2.45, 2.75) is 26.9 Å². The van der Waals surface area contributed by atoms with E-state index in [2.05, 4.69) is 5.32 Å². The van der Waals surface area contributed by atoms with Crippen molar-refractivity contribution in [3.63, 3.8) is 0 Å². The zero-order valence-electron chi connectivity index (χ0n) is 11.4. The molecule has 0 aliphatic heterocycles. The van der Waals surface area contributed by atoms with Crippen molar-refractivity contribution in [3.05, 3.63) is 29.8 Å². The smallest absolute Gasteiger partial charge is 0.251 e. The first-order valence-electron chi connectivity index (χ1n) is 5.95. The molecule has 1 amide bonds.